The average Bonchev–Trinajstić information content (AvgIpc) is 2.09. The first-order valence-corrected chi connectivity index (χ1v) is 4.76. The van der Waals surface area contributed by atoms with Crippen molar-refractivity contribution in [1.29, 1.82) is 0 Å². The molecule has 0 saturated carbocycles. The summed E-state index contributed by atoms with van der Waals surface area (Å²) in [6, 6.07) is 0. The summed E-state index contributed by atoms with van der Waals surface area (Å²) in [6.07, 6.45) is 4.06. The van der Waals surface area contributed by atoms with E-state index in [-0.39, 0.29) is 6.61 Å². The molecule has 0 bridgehead atoms. The van der Waals surface area contributed by atoms with Crippen molar-refractivity contribution < 1.29 is 5.11 Å². The summed E-state index contributed by atoms with van der Waals surface area (Å²) in [6.45, 7) is 0.0756. The Hall–Kier alpha value is -0.810. The molecular formula is C7H11N3OS. The lowest BCUT2D eigenvalue weighted by Gasteiger charge is -2.02. The minimum atomic E-state index is 0.0756. The van der Waals surface area contributed by atoms with Gasteiger partial charge < -0.3 is 10.8 Å². The van der Waals surface area contributed by atoms with Crippen molar-refractivity contribution in [3.05, 3.63) is 11.8 Å². The molecule has 0 radical (unpaired) electrons. The van der Waals surface area contributed by atoms with E-state index in [1.165, 1.54) is 11.8 Å². The van der Waals surface area contributed by atoms with Crippen LogP contribution in [-0.2, 0) is 6.42 Å². The summed E-state index contributed by atoms with van der Waals surface area (Å²) in [5.41, 5.74) is 6.41. The molecule has 0 aromatic carbocycles. The minimum absolute atomic E-state index is 0.0756. The van der Waals surface area contributed by atoms with Crippen LogP contribution in [0.3, 0.4) is 0 Å². The fraction of sp³-hybridized carbons (Fsp3) is 0.429. The van der Waals surface area contributed by atoms with Crippen LogP contribution in [0, 0.1) is 0 Å². The number of nitrogens with zero attached hydrogens (tertiary/aromatic N) is 2. The number of rotatable bonds is 3. The van der Waals surface area contributed by atoms with Crippen LogP contribution in [0.5, 0.6) is 0 Å². The van der Waals surface area contributed by atoms with Gasteiger partial charge in [-0.2, -0.15) is 0 Å². The molecule has 1 aromatic heterocycles. The third-order valence-corrected chi connectivity index (χ3v) is 2.00. The van der Waals surface area contributed by atoms with Gasteiger partial charge in [0.2, 0.25) is 0 Å². The van der Waals surface area contributed by atoms with Gasteiger partial charge in [0.15, 0.2) is 5.16 Å². The summed E-state index contributed by atoms with van der Waals surface area (Å²) < 4.78 is 0. The lowest BCUT2D eigenvalue weighted by atomic mass is 10.2. The zero-order valence-corrected chi connectivity index (χ0v) is 7.64. The zero-order valence-electron chi connectivity index (χ0n) is 6.82. The number of aliphatic hydroxyl groups excluding tert-OH is 1. The number of aliphatic hydroxyl groups is 1. The van der Waals surface area contributed by atoms with Crippen LogP contribution >= 0.6 is 11.8 Å². The van der Waals surface area contributed by atoms with Crippen molar-refractivity contribution in [2.24, 2.45) is 0 Å². The van der Waals surface area contributed by atoms with Gasteiger partial charge in [-0.15, -0.1) is 0 Å². The fourth-order valence-electron chi connectivity index (χ4n) is 0.814. The third-order valence-electron chi connectivity index (χ3n) is 1.44. The molecular weight excluding hydrogens is 174 g/mol. The van der Waals surface area contributed by atoms with Crippen LogP contribution in [0.15, 0.2) is 11.4 Å². The molecule has 0 atom stereocenters. The molecule has 0 aliphatic heterocycles. The normalized spacial score (nSPS) is 10.2. The average molecular weight is 185 g/mol. The maximum atomic E-state index is 8.65. The number of thioether (sulfide) groups is 1. The molecule has 0 unspecified atom stereocenters. The van der Waals surface area contributed by atoms with Crippen LogP contribution in [-0.4, -0.2) is 27.9 Å². The van der Waals surface area contributed by atoms with Crippen molar-refractivity contribution in [2.45, 2.75) is 11.6 Å². The number of hydrogen-bond donors (Lipinski definition) is 2. The molecule has 5 heteroatoms. The maximum Gasteiger partial charge on any atom is 0.189 e. The van der Waals surface area contributed by atoms with Gasteiger partial charge in [0.25, 0.3) is 0 Å². The van der Waals surface area contributed by atoms with Crippen molar-refractivity contribution in [3.8, 4) is 0 Å². The van der Waals surface area contributed by atoms with Gasteiger partial charge in [-0.25, -0.2) is 9.97 Å². The van der Waals surface area contributed by atoms with Gasteiger partial charge in [0, 0.05) is 24.8 Å². The molecule has 66 valence electrons. The van der Waals surface area contributed by atoms with E-state index in [1.54, 1.807) is 6.20 Å². The van der Waals surface area contributed by atoms with Gasteiger partial charge in [-0.3, -0.25) is 0 Å². The predicted octanol–water partition coefficient (Wildman–Crippen LogP) is 0.316. The molecule has 1 aromatic rings. The molecule has 0 aliphatic rings. The Morgan fingerprint density at radius 3 is 2.92 bits per heavy atom. The molecule has 12 heavy (non-hydrogen) atoms. The zero-order chi connectivity index (χ0) is 8.97. The number of aromatic nitrogens is 2. The first-order chi connectivity index (χ1) is 5.77. The van der Waals surface area contributed by atoms with Crippen molar-refractivity contribution in [1.82, 2.24) is 9.97 Å². The molecule has 1 rings (SSSR count). The maximum absolute atomic E-state index is 8.65. The first kappa shape index (κ1) is 9.28. The second-order valence-electron chi connectivity index (χ2n) is 2.24. The van der Waals surface area contributed by atoms with Crippen LogP contribution in [0.25, 0.3) is 0 Å². The quantitative estimate of drug-likeness (QED) is 0.524. The predicted molar refractivity (Wildman–Crippen MR) is 49.0 cm³/mol. The lowest BCUT2D eigenvalue weighted by Crippen LogP contribution is -2.02. The number of nitrogen functional groups attached to an aromatic ring is 1. The minimum Gasteiger partial charge on any atom is -0.396 e. The van der Waals surface area contributed by atoms with Crippen molar-refractivity contribution in [3.63, 3.8) is 0 Å². The monoisotopic (exact) mass is 185 g/mol. The highest BCUT2D eigenvalue weighted by atomic mass is 32.2. The second kappa shape index (κ2) is 4.27. The Kier molecular flexibility index (Phi) is 3.31. The van der Waals surface area contributed by atoms with E-state index >= 15 is 0 Å². The van der Waals surface area contributed by atoms with E-state index in [9.17, 15) is 0 Å². The molecule has 0 amide bonds. The standard InChI is InChI=1S/C7H11N3OS/c1-12-7-9-4-5(2-3-11)6(8)10-7/h4,11H,2-3H2,1H3,(H2,8,9,10). The molecule has 0 aliphatic carbocycles. The van der Waals surface area contributed by atoms with E-state index in [2.05, 4.69) is 9.97 Å². The smallest absolute Gasteiger partial charge is 0.189 e. The highest BCUT2D eigenvalue weighted by Crippen LogP contribution is 2.13. The van der Waals surface area contributed by atoms with E-state index in [1.807, 2.05) is 6.26 Å². The fourth-order valence-corrected chi connectivity index (χ4v) is 1.16. The summed E-state index contributed by atoms with van der Waals surface area (Å²) >= 11 is 1.45. The first-order valence-electron chi connectivity index (χ1n) is 3.54. The van der Waals surface area contributed by atoms with Crippen LogP contribution in [0.1, 0.15) is 5.56 Å². The second-order valence-corrected chi connectivity index (χ2v) is 3.01. The topological polar surface area (TPSA) is 72.0 Å². The van der Waals surface area contributed by atoms with E-state index < -0.39 is 0 Å². The van der Waals surface area contributed by atoms with Crippen LogP contribution < -0.4 is 5.73 Å². The Morgan fingerprint density at radius 1 is 1.67 bits per heavy atom. The Bertz CT molecular complexity index is 267. The number of anilines is 1. The van der Waals surface area contributed by atoms with E-state index in [0.717, 1.165) is 5.56 Å². The van der Waals surface area contributed by atoms with Gasteiger partial charge in [-0.1, -0.05) is 11.8 Å². The van der Waals surface area contributed by atoms with Gasteiger partial charge in [0.05, 0.1) is 0 Å². The number of hydrogen-bond acceptors (Lipinski definition) is 5. The largest absolute Gasteiger partial charge is 0.396 e. The summed E-state index contributed by atoms with van der Waals surface area (Å²) in [5, 5.41) is 9.32. The highest BCUT2D eigenvalue weighted by molar-refractivity contribution is 7.98. The van der Waals surface area contributed by atoms with Gasteiger partial charge in [-0.05, 0) is 6.26 Å². The Labute approximate surface area is 75.2 Å². The van der Waals surface area contributed by atoms with Crippen molar-refractivity contribution >= 4 is 17.6 Å². The van der Waals surface area contributed by atoms with Crippen LogP contribution in [0.2, 0.25) is 0 Å². The third kappa shape index (κ3) is 2.09. The molecule has 0 fully saturated rings. The van der Waals surface area contributed by atoms with E-state index in [0.29, 0.717) is 17.4 Å². The van der Waals surface area contributed by atoms with Gasteiger partial charge >= 0.3 is 0 Å². The molecule has 1 heterocycles. The summed E-state index contributed by atoms with van der Waals surface area (Å²) in [4.78, 5) is 8.07. The molecule has 3 N–H and O–H groups in total. The lowest BCUT2D eigenvalue weighted by molar-refractivity contribution is 0.299. The number of nitrogens with two attached hydrogens (primary N) is 1. The van der Waals surface area contributed by atoms with Crippen LogP contribution in [0.4, 0.5) is 5.82 Å². The highest BCUT2D eigenvalue weighted by Gasteiger charge is 2.01. The van der Waals surface area contributed by atoms with Crippen molar-refractivity contribution in [2.75, 3.05) is 18.6 Å². The molecule has 0 spiro atoms. The Morgan fingerprint density at radius 2 is 2.42 bits per heavy atom. The summed E-state index contributed by atoms with van der Waals surface area (Å²) in [7, 11) is 0. The summed E-state index contributed by atoms with van der Waals surface area (Å²) in [5.74, 6) is 0.461. The molecule has 4 nitrogen and oxygen atoms in total. The SMILES string of the molecule is CSc1ncc(CCO)c(N)n1. The Balaban J connectivity index is 2.87. The van der Waals surface area contributed by atoms with Gasteiger partial charge in [0.1, 0.15) is 5.82 Å². The molecule has 0 saturated heterocycles. The van der Waals surface area contributed by atoms with E-state index in [4.69, 9.17) is 10.8 Å².